The van der Waals surface area contributed by atoms with Gasteiger partial charge in [0.2, 0.25) is 5.91 Å². The van der Waals surface area contributed by atoms with E-state index in [4.69, 9.17) is 0 Å². The van der Waals surface area contributed by atoms with Crippen molar-refractivity contribution in [3.63, 3.8) is 0 Å². The van der Waals surface area contributed by atoms with Gasteiger partial charge in [-0.25, -0.2) is 0 Å². The number of hydrogen-bond acceptors (Lipinski definition) is 3. The maximum Gasteiger partial charge on any atom is 0.320 e. The Balaban J connectivity index is 0.00000288. The van der Waals surface area contributed by atoms with Crippen molar-refractivity contribution in [2.45, 2.75) is 51.5 Å². The number of halogens is 1. The Kier molecular flexibility index (Phi) is 8.22. The molecule has 2 N–H and O–H groups in total. The minimum atomic E-state index is -0.838. The number of carboxylic acid groups (broad SMARTS) is 1. The van der Waals surface area contributed by atoms with Crippen LogP contribution < -0.4 is 5.32 Å². The van der Waals surface area contributed by atoms with E-state index < -0.39 is 12.0 Å². The highest BCUT2D eigenvalue weighted by atomic mass is 35.5. The van der Waals surface area contributed by atoms with E-state index in [1.807, 2.05) is 24.3 Å². The van der Waals surface area contributed by atoms with Gasteiger partial charge in [-0.1, -0.05) is 32.4 Å². The van der Waals surface area contributed by atoms with E-state index in [2.05, 4.69) is 19.2 Å². The first-order chi connectivity index (χ1) is 11.0. The van der Waals surface area contributed by atoms with E-state index in [-0.39, 0.29) is 24.9 Å². The molecule has 24 heavy (non-hydrogen) atoms. The van der Waals surface area contributed by atoms with Gasteiger partial charge in [-0.2, -0.15) is 0 Å². The smallest absolute Gasteiger partial charge is 0.320 e. The van der Waals surface area contributed by atoms with Crippen molar-refractivity contribution in [3.8, 4) is 0 Å². The number of anilines is 1. The molecule has 0 aliphatic carbocycles. The topological polar surface area (TPSA) is 69.6 Å². The van der Waals surface area contributed by atoms with Crippen LogP contribution in [0.4, 0.5) is 5.69 Å². The molecular formula is C18H27ClN2O3. The number of rotatable bonds is 6. The predicted molar refractivity (Wildman–Crippen MR) is 97.9 cm³/mol. The van der Waals surface area contributed by atoms with Crippen LogP contribution in [-0.2, 0) is 9.59 Å². The molecule has 1 aromatic carbocycles. The average Bonchev–Trinajstić information content (AvgIpc) is 2.55. The summed E-state index contributed by atoms with van der Waals surface area (Å²) in [5, 5.41) is 12.1. The zero-order valence-corrected chi connectivity index (χ0v) is 15.1. The zero-order chi connectivity index (χ0) is 16.8. The van der Waals surface area contributed by atoms with Gasteiger partial charge in [0.25, 0.3) is 0 Å². The number of piperidine rings is 1. The highest BCUT2D eigenvalue weighted by Gasteiger charge is 2.29. The molecule has 1 saturated heterocycles. The molecule has 0 bridgehead atoms. The molecular weight excluding hydrogens is 328 g/mol. The number of amides is 1. The molecule has 134 valence electrons. The van der Waals surface area contributed by atoms with Crippen molar-refractivity contribution in [1.82, 2.24) is 4.90 Å². The normalized spacial score (nSPS) is 19.2. The number of likely N-dealkylation sites (tertiary alicyclic amines) is 1. The molecule has 1 aromatic rings. The van der Waals surface area contributed by atoms with E-state index in [1.54, 1.807) is 4.90 Å². The number of hydrogen-bond donors (Lipinski definition) is 2. The number of benzene rings is 1. The van der Waals surface area contributed by atoms with Gasteiger partial charge in [-0.3, -0.25) is 14.5 Å². The second-order valence-corrected chi connectivity index (χ2v) is 6.30. The maximum absolute atomic E-state index is 12.2. The van der Waals surface area contributed by atoms with Crippen molar-refractivity contribution in [3.05, 3.63) is 29.8 Å². The van der Waals surface area contributed by atoms with Gasteiger partial charge in [0.1, 0.15) is 6.04 Å². The minimum absolute atomic E-state index is 0. The molecule has 2 unspecified atom stereocenters. The number of aliphatic carboxylic acids is 1. The largest absolute Gasteiger partial charge is 0.480 e. The first kappa shape index (κ1) is 20.5. The van der Waals surface area contributed by atoms with Gasteiger partial charge in [0.05, 0.1) is 6.54 Å². The molecule has 1 aliphatic heterocycles. The average molecular weight is 355 g/mol. The summed E-state index contributed by atoms with van der Waals surface area (Å²) in [6.07, 6.45) is 3.55. The van der Waals surface area contributed by atoms with E-state index in [1.165, 1.54) is 5.56 Å². The second-order valence-electron chi connectivity index (χ2n) is 6.30. The molecule has 2 rings (SSSR count). The lowest BCUT2D eigenvalue weighted by Gasteiger charge is -2.32. The van der Waals surface area contributed by atoms with Gasteiger partial charge in [-0.15, -0.1) is 12.4 Å². The summed E-state index contributed by atoms with van der Waals surface area (Å²) >= 11 is 0. The van der Waals surface area contributed by atoms with Crippen LogP contribution in [0.1, 0.15) is 51.0 Å². The summed E-state index contributed by atoms with van der Waals surface area (Å²) < 4.78 is 0. The Morgan fingerprint density at radius 1 is 1.29 bits per heavy atom. The van der Waals surface area contributed by atoms with Crippen molar-refractivity contribution in [2.75, 3.05) is 18.4 Å². The molecule has 6 heteroatoms. The SMILES string of the molecule is CCC(C)c1ccc(NC(=O)CN2CCCCC2C(=O)O)cc1.Cl. The van der Waals surface area contributed by atoms with Gasteiger partial charge in [0.15, 0.2) is 0 Å². The number of carbonyl (C=O) groups is 2. The molecule has 2 atom stereocenters. The van der Waals surface area contributed by atoms with Crippen LogP contribution in [-0.4, -0.2) is 41.0 Å². The lowest BCUT2D eigenvalue weighted by atomic mass is 9.98. The van der Waals surface area contributed by atoms with Crippen LogP contribution in [0.2, 0.25) is 0 Å². The van der Waals surface area contributed by atoms with Crippen LogP contribution in [0.5, 0.6) is 0 Å². The van der Waals surface area contributed by atoms with E-state index in [0.29, 0.717) is 18.9 Å². The van der Waals surface area contributed by atoms with Crippen LogP contribution in [0.3, 0.4) is 0 Å². The van der Waals surface area contributed by atoms with Crippen LogP contribution in [0, 0.1) is 0 Å². The summed E-state index contributed by atoms with van der Waals surface area (Å²) in [5.41, 5.74) is 2.01. The highest BCUT2D eigenvalue weighted by molar-refractivity contribution is 5.92. The van der Waals surface area contributed by atoms with Crippen LogP contribution in [0.15, 0.2) is 24.3 Å². The molecule has 1 amide bonds. The molecule has 0 saturated carbocycles. The monoisotopic (exact) mass is 354 g/mol. The van der Waals surface area contributed by atoms with Crippen LogP contribution >= 0.6 is 12.4 Å². The zero-order valence-electron chi connectivity index (χ0n) is 14.3. The van der Waals surface area contributed by atoms with E-state index >= 15 is 0 Å². The summed E-state index contributed by atoms with van der Waals surface area (Å²) in [6.45, 7) is 5.12. The maximum atomic E-state index is 12.2. The first-order valence-electron chi connectivity index (χ1n) is 8.38. The predicted octanol–water partition coefficient (Wildman–Crippen LogP) is 3.50. The molecule has 0 aromatic heterocycles. The first-order valence-corrected chi connectivity index (χ1v) is 8.38. The second kappa shape index (κ2) is 9.64. The minimum Gasteiger partial charge on any atom is -0.480 e. The van der Waals surface area contributed by atoms with Crippen molar-refractivity contribution in [2.24, 2.45) is 0 Å². The third-order valence-electron chi connectivity index (χ3n) is 4.62. The number of carboxylic acids is 1. The third-order valence-corrected chi connectivity index (χ3v) is 4.62. The fraction of sp³-hybridized carbons (Fsp3) is 0.556. The lowest BCUT2D eigenvalue weighted by molar-refractivity contribution is -0.145. The molecule has 0 radical (unpaired) electrons. The van der Waals surface area contributed by atoms with E-state index in [0.717, 1.165) is 24.9 Å². The Hall–Kier alpha value is -1.59. The van der Waals surface area contributed by atoms with Gasteiger partial charge >= 0.3 is 5.97 Å². The summed E-state index contributed by atoms with van der Waals surface area (Å²) in [7, 11) is 0. The van der Waals surface area contributed by atoms with Crippen molar-refractivity contribution >= 4 is 30.0 Å². The fourth-order valence-electron chi connectivity index (χ4n) is 2.98. The Labute approximate surface area is 149 Å². The van der Waals surface area contributed by atoms with Gasteiger partial charge in [-0.05, 0) is 49.4 Å². The van der Waals surface area contributed by atoms with Crippen LogP contribution in [0.25, 0.3) is 0 Å². The third kappa shape index (κ3) is 5.49. The summed E-state index contributed by atoms with van der Waals surface area (Å²) in [4.78, 5) is 25.2. The Bertz CT molecular complexity index is 548. The van der Waals surface area contributed by atoms with Crippen molar-refractivity contribution < 1.29 is 14.7 Å². The quantitative estimate of drug-likeness (QED) is 0.820. The Morgan fingerprint density at radius 3 is 2.54 bits per heavy atom. The molecule has 1 aliphatic rings. The van der Waals surface area contributed by atoms with Crippen molar-refractivity contribution in [1.29, 1.82) is 0 Å². The summed E-state index contributed by atoms with van der Waals surface area (Å²) in [6, 6.07) is 7.34. The molecule has 1 fully saturated rings. The van der Waals surface area contributed by atoms with E-state index in [9.17, 15) is 14.7 Å². The Morgan fingerprint density at radius 2 is 1.96 bits per heavy atom. The van der Waals surface area contributed by atoms with Gasteiger partial charge in [0, 0.05) is 5.69 Å². The van der Waals surface area contributed by atoms with Gasteiger partial charge < -0.3 is 10.4 Å². The molecule has 5 nitrogen and oxygen atoms in total. The number of carbonyl (C=O) groups excluding carboxylic acids is 1. The molecule has 1 heterocycles. The standard InChI is InChI=1S/C18H26N2O3.ClH/c1-3-13(2)14-7-9-15(10-8-14)19-17(21)12-20-11-5-4-6-16(20)18(22)23;/h7-10,13,16H,3-6,11-12H2,1-2H3,(H,19,21)(H,22,23);1H. The number of nitrogens with zero attached hydrogens (tertiary/aromatic N) is 1. The fourth-order valence-corrected chi connectivity index (χ4v) is 2.98. The number of nitrogens with one attached hydrogen (secondary N) is 1. The molecule has 0 spiro atoms. The summed E-state index contributed by atoms with van der Waals surface area (Å²) in [5.74, 6) is -0.491. The highest BCUT2D eigenvalue weighted by Crippen LogP contribution is 2.21. The lowest BCUT2D eigenvalue weighted by Crippen LogP contribution is -2.47.